The van der Waals surface area contributed by atoms with Crippen molar-refractivity contribution in [1.82, 2.24) is 4.90 Å². The van der Waals surface area contributed by atoms with Crippen LogP contribution in [-0.2, 0) is 4.79 Å². The second kappa shape index (κ2) is 8.18. The van der Waals surface area contributed by atoms with Crippen molar-refractivity contribution in [3.8, 4) is 0 Å². The number of rotatable bonds is 6. The molecule has 1 fully saturated rings. The number of carbonyl (C=O) groups is 2. The Kier molecular flexibility index (Phi) is 6.23. The van der Waals surface area contributed by atoms with Crippen molar-refractivity contribution in [2.75, 3.05) is 24.5 Å². The molecule has 0 bridgehead atoms. The van der Waals surface area contributed by atoms with E-state index in [1.165, 1.54) is 0 Å². The van der Waals surface area contributed by atoms with Gasteiger partial charge in [0.25, 0.3) is 5.91 Å². The highest BCUT2D eigenvalue weighted by molar-refractivity contribution is 5.95. The van der Waals surface area contributed by atoms with Gasteiger partial charge in [-0.2, -0.15) is 0 Å². The molecule has 132 valence electrons. The second-order valence-corrected chi connectivity index (χ2v) is 6.55. The first-order valence-corrected chi connectivity index (χ1v) is 8.86. The van der Waals surface area contributed by atoms with Gasteiger partial charge >= 0.3 is 5.97 Å². The Labute approximate surface area is 144 Å². The van der Waals surface area contributed by atoms with Crippen molar-refractivity contribution in [2.45, 2.75) is 46.1 Å². The molecule has 1 heterocycles. The molecule has 5 nitrogen and oxygen atoms in total. The molecule has 1 amide bonds. The van der Waals surface area contributed by atoms with E-state index in [0.717, 1.165) is 31.6 Å². The molecule has 0 aromatic heterocycles. The quantitative estimate of drug-likeness (QED) is 0.869. The molecule has 0 aliphatic carbocycles. The minimum absolute atomic E-state index is 0.0708. The van der Waals surface area contributed by atoms with E-state index in [4.69, 9.17) is 0 Å². The molecule has 1 N–H and O–H groups in total. The van der Waals surface area contributed by atoms with E-state index < -0.39 is 11.9 Å². The Hall–Kier alpha value is -2.04. The van der Waals surface area contributed by atoms with Gasteiger partial charge in [0.1, 0.15) is 0 Å². The summed E-state index contributed by atoms with van der Waals surface area (Å²) in [6.45, 7) is 8.49. The molecule has 1 aliphatic rings. The van der Waals surface area contributed by atoms with Crippen molar-refractivity contribution in [1.29, 1.82) is 0 Å². The monoisotopic (exact) mass is 332 g/mol. The van der Waals surface area contributed by atoms with Gasteiger partial charge in [-0.25, -0.2) is 0 Å². The third kappa shape index (κ3) is 4.08. The van der Waals surface area contributed by atoms with Gasteiger partial charge in [-0.05, 0) is 57.4 Å². The smallest absolute Gasteiger partial charge is 0.308 e. The van der Waals surface area contributed by atoms with Crippen molar-refractivity contribution in [3.05, 3.63) is 29.8 Å². The van der Waals surface area contributed by atoms with Gasteiger partial charge in [0.2, 0.25) is 0 Å². The van der Waals surface area contributed by atoms with E-state index in [-0.39, 0.29) is 11.9 Å². The normalized spacial score (nSPS) is 20.7. The van der Waals surface area contributed by atoms with Gasteiger partial charge in [0.05, 0.1) is 5.92 Å². The first-order chi connectivity index (χ1) is 11.5. The lowest BCUT2D eigenvalue weighted by atomic mass is 9.93. The van der Waals surface area contributed by atoms with Gasteiger partial charge < -0.3 is 14.9 Å². The van der Waals surface area contributed by atoms with Crippen LogP contribution in [0.15, 0.2) is 24.3 Å². The van der Waals surface area contributed by atoms with E-state index in [2.05, 4.69) is 18.7 Å². The highest BCUT2D eigenvalue weighted by Crippen LogP contribution is 2.25. The van der Waals surface area contributed by atoms with E-state index in [9.17, 15) is 14.7 Å². The number of benzene rings is 1. The summed E-state index contributed by atoms with van der Waals surface area (Å²) in [5, 5.41) is 9.23. The zero-order valence-corrected chi connectivity index (χ0v) is 14.9. The van der Waals surface area contributed by atoms with Crippen molar-refractivity contribution < 1.29 is 14.7 Å². The number of aliphatic carboxylic acids is 1. The van der Waals surface area contributed by atoms with Crippen molar-refractivity contribution in [2.24, 2.45) is 5.92 Å². The molecule has 2 atom stereocenters. The Balaban J connectivity index is 2.12. The molecule has 1 aliphatic heterocycles. The number of hydrogen-bond acceptors (Lipinski definition) is 3. The molecule has 1 saturated heterocycles. The van der Waals surface area contributed by atoms with Crippen LogP contribution in [0.4, 0.5) is 5.69 Å². The first-order valence-electron chi connectivity index (χ1n) is 8.86. The summed E-state index contributed by atoms with van der Waals surface area (Å²) in [7, 11) is 0. The van der Waals surface area contributed by atoms with E-state index in [1.807, 2.05) is 31.2 Å². The molecule has 0 saturated carbocycles. The topological polar surface area (TPSA) is 60.9 Å². The fourth-order valence-corrected chi connectivity index (χ4v) is 3.31. The van der Waals surface area contributed by atoms with Gasteiger partial charge in [-0.1, -0.05) is 6.92 Å². The van der Waals surface area contributed by atoms with Crippen LogP contribution in [0.3, 0.4) is 0 Å². The fraction of sp³-hybridized carbons (Fsp3) is 0.579. The van der Waals surface area contributed by atoms with Crippen LogP contribution in [0.2, 0.25) is 0 Å². The molecule has 24 heavy (non-hydrogen) atoms. The molecule has 0 radical (unpaired) electrons. The number of nitrogens with zero attached hydrogens (tertiary/aromatic N) is 2. The maximum absolute atomic E-state index is 12.8. The zero-order valence-electron chi connectivity index (χ0n) is 14.9. The molecule has 2 unspecified atom stereocenters. The lowest BCUT2D eigenvalue weighted by Gasteiger charge is -2.36. The van der Waals surface area contributed by atoms with Gasteiger partial charge in [-0.15, -0.1) is 0 Å². The van der Waals surface area contributed by atoms with Crippen LogP contribution >= 0.6 is 0 Å². The average Bonchev–Trinajstić information content (AvgIpc) is 2.59. The maximum atomic E-state index is 12.8. The predicted molar refractivity (Wildman–Crippen MR) is 95.5 cm³/mol. The summed E-state index contributed by atoms with van der Waals surface area (Å²) in [4.78, 5) is 28.0. The Morgan fingerprint density at radius 1 is 1.21 bits per heavy atom. The van der Waals surface area contributed by atoms with Crippen LogP contribution < -0.4 is 4.90 Å². The van der Waals surface area contributed by atoms with Crippen molar-refractivity contribution >= 4 is 17.6 Å². The molecule has 1 aromatic carbocycles. The maximum Gasteiger partial charge on any atom is 0.308 e. The number of carboxylic acids is 1. The van der Waals surface area contributed by atoms with Crippen LogP contribution in [0.1, 0.15) is 50.4 Å². The second-order valence-electron chi connectivity index (χ2n) is 6.55. The summed E-state index contributed by atoms with van der Waals surface area (Å²) >= 11 is 0. The minimum atomic E-state index is -0.812. The van der Waals surface area contributed by atoms with Crippen molar-refractivity contribution in [3.63, 3.8) is 0 Å². The fourth-order valence-electron chi connectivity index (χ4n) is 3.31. The lowest BCUT2D eigenvalue weighted by Crippen LogP contribution is -2.47. The molecular weight excluding hydrogens is 304 g/mol. The summed E-state index contributed by atoms with van der Waals surface area (Å²) in [5.41, 5.74) is 1.75. The Morgan fingerprint density at radius 3 is 2.42 bits per heavy atom. The summed E-state index contributed by atoms with van der Waals surface area (Å²) < 4.78 is 0. The summed E-state index contributed by atoms with van der Waals surface area (Å²) in [5.74, 6) is -1.34. The number of hydrogen-bond donors (Lipinski definition) is 1. The summed E-state index contributed by atoms with van der Waals surface area (Å²) in [6.07, 6.45) is 2.46. The molecule has 2 rings (SSSR count). The minimum Gasteiger partial charge on any atom is -0.481 e. The molecular formula is C19H28N2O3. The van der Waals surface area contributed by atoms with Crippen LogP contribution in [0.5, 0.6) is 0 Å². The van der Waals surface area contributed by atoms with Gasteiger partial charge in [0.15, 0.2) is 0 Å². The third-order valence-electron chi connectivity index (χ3n) is 4.85. The van der Waals surface area contributed by atoms with E-state index in [0.29, 0.717) is 18.5 Å². The molecule has 0 spiro atoms. The van der Waals surface area contributed by atoms with Gasteiger partial charge in [-0.3, -0.25) is 9.59 Å². The number of anilines is 1. The molecule has 1 aromatic rings. The number of amides is 1. The molecule has 5 heteroatoms. The lowest BCUT2D eigenvalue weighted by molar-refractivity contribution is -0.143. The first kappa shape index (κ1) is 18.3. The SMILES string of the molecule is CCCN(CC)c1ccc(C(=O)N2CC(C(=O)O)CCC2C)cc1. The highest BCUT2D eigenvalue weighted by atomic mass is 16.4. The predicted octanol–water partition coefficient (Wildman–Crippen LogP) is 3.25. The van der Waals surface area contributed by atoms with Gasteiger partial charge in [0, 0.05) is 36.9 Å². The number of piperidine rings is 1. The van der Waals surface area contributed by atoms with E-state index in [1.54, 1.807) is 4.90 Å². The standard InChI is InChI=1S/C19H28N2O3/c1-4-12-20(5-2)17-10-8-15(9-11-17)18(22)21-13-16(19(23)24)7-6-14(21)3/h8-11,14,16H,4-7,12-13H2,1-3H3,(H,23,24). The largest absolute Gasteiger partial charge is 0.481 e. The van der Waals surface area contributed by atoms with Crippen LogP contribution in [0.25, 0.3) is 0 Å². The number of carbonyl (C=O) groups excluding carboxylic acids is 1. The number of likely N-dealkylation sites (tertiary alicyclic amines) is 1. The van der Waals surface area contributed by atoms with Crippen LogP contribution in [0, 0.1) is 5.92 Å². The van der Waals surface area contributed by atoms with E-state index >= 15 is 0 Å². The highest BCUT2D eigenvalue weighted by Gasteiger charge is 2.32. The average molecular weight is 332 g/mol. The third-order valence-corrected chi connectivity index (χ3v) is 4.85. The number of carboxylic acid groups (broad SMARTS) is 1. The summed E-state index contributed by atoms with van der Waals surface area (Å²) in [6, 6.07) is 7.76. The Morgan fingerprint density at radius 2 is 1.88 bits per heavy atom. The van der Waals surface area contributed by atoms with Crippen LogP contribution in [-0.4, -0.2) is 47.6 Å². The zero-order chi connectivity index (χ0) is 17.7. The Bertz CT molecular complexity index is 570.